The van der Waals surface area contributed by atoms with E-state index in [0.717, 1.165) is 19.5 Å². The predicted molar refractivity (Wildman–Crippen MR) is 84.1 cm³/mol. The van der Waals surface area contributed by atoms with E-state index in [1.54, 1.807) is 0 Å². The Morgan fingerprint density at radius 2 is 1.70 bits per heavy atom. The first-order valence-electron chi connectivity index (χ1n) is 8.33. The molecular formula is C16H29ClN2O. The summed E-state index contributed by atoms with van der Waals surface area (Å²) in [6.07, 6.45) is 12.6. The standard InChI is InChI=1S/C16H28N2O.ClH/c19-15(18-14-8-3-1-2-4-9-14)16-10-6-5-7-13(16)11-17-12-16;/h13-14,17H,1-12H2,(H,18,19);1H/t13-,16+;/m0./s1. The van der Waals surface area contributed by atoms with Gasteiger partial charge in [0.15, 0.2) is 0 Å². The van der Waals surface area contributed by atoms with Gasteiger partial charge < -0.3 is 10.6 Å². The smallest absolute Gasteiger partial charge is 0.228 e. The van der Waals surface area contributed by atoms with Crippen molar-refractivity contribution in [1.82, 2.24) is 10.6 Å². The number of carbonyl (C=O) groups is 1. The highest BCUT2D eigenvalue weighted by Gasteiger charge is 2.50. The monoisotopic (exact) mass is 300 g/mol. The number of rotatable bonds is 2. The third kappa shape index (κ3) is 3.14. The molecule has 0 bridgehead atoms. The van der Waals surface area contributed by atoms with Crippen molar-refractivity contribution in [1.29, 1.82) is 0 Å². The van der Waals surface area contributed by atoms with Gasteiger partial charge in [-0.1, -0.05) is 38.5 Å². The number of hydrogen-bond donors (Lipinski definition) is 2. The average molecular weight is 301 g/mol. The molecule has 116 valence electrons. The third-order valence-electron chi connectivity index (χ3n) is 5.68. The minimum absolute atomic E-state index is 0. The fourth-order valence-corrected chi connectivity index (χ4v) is 4.44. The zero-order valence-electron chi connectivity index (χ0n) is 12.5. The van der Waals surface area contributed by atoms with E-state index in [9.17, 15) is 4.79 Å². The van der Waals surface area contributed by atoms with Crippen molar-refractivity contribution < 1.29 is 4.79 Å². The Labute approximate surface area is 129 Å². The Kier molecular flexibility index (Phi) is 5.74. The van der Waals surface area contributed by atoms with Crippen LogP contribution in [0.2, 0.25) is 0 Å². The number of amides is 1. The normalized spacial score (nSPS) is 34.7. The van der Waals surface area contributed by atoms with Gasteiger partial charge in [-0.2, -0.15) is 0 Å². The summed E-state index contributed by atoms with van der Waals surface area (Å²) in [7, 11) is 0. The number of nitrogens with one attached hydrogen (secondary N) is 2. The molecule has 2 atom stereocenters. The lowest BCUT2D eigenvalue weighted by molar-refractivity contribution is -0.134. The molecule has 0 radical (unpaired) electrons. The van der Waals surface area contributed by atoms with Crippen LogP contribution < -0.4 is 10.6 Å². The van der Waals surface area contributed by atoms with Crippen molar-refractivity contribution in [2.75, 3.05) is 13.1 Å². The molecule has 1 amide bonds. The molecule has 0 aromatic heterocycles. The maximum absolute atomic E-state index is 12.8. The van der Waals surface area contributed by atoms with E-state index < -0.39 is 0 Å². The summed E-state index contributed by atoms with van der Waals surface area (Å²) in [5.41, 5.74) is -0.0649. The molecule has 20 heavy (non-hydrogen) atoms. The predicted octanol–water partition coefficient (Wildman–Crippen LogP) is 3.03. The number of hydrogen-bond acceptors (Lipinski definition) is 2. The molecule has 3 rings (SSSR count). The molecule has 3 nitrogen and oxygen atoms in total. The van der Waals surface area contributed by atoms with Gasteiger partial charge in [0.2, 0.25) is 5.91 Å². The van der Waals surface area contributed by atoms with Crippen molar-refractivity contribution in [3.63, 3.8) is 0 Å². The van der Waals surface area contributed by atoms with Crippen LogP contribution in [0.1, 0.15) is 64.2 Å². The topological polar surface area (TPSA) is 41.1 Å². The van der Waals surface area contributed by atoms with Crippen LogP contribution in [-0.2, 0) is 4.79 Å². The van der Waals surface area contributed by atoms with E-state index in [1.807, 2.05) is 0 Å². The molecule has 0 unspecified atom stereocenters. The van der Waals surface area contributed by atoms with Gasteiger partial charge in [0, 0.05) is 12.6 Å². The minimum atomic E-state index is -0.0649. The highest BCUT2D eigenvalue weighted by molar-refractivity contribution is 5.85. The second-order valence-corrected chi connectivity index (χ2v) is 6.89. The second kappa shape index (κ2) is 7.13. The number of fused-ring (bicyclic) bond motifs is 1. The Morgan fingerprint density at radius 1 is 1.00 bits per heavy atom. The fourth-order valence-electron chi connectivity index (χ4n) is 4.44. The van der Waals surface area contributed by atoms with Crippen molar-refractivity contribution in [2.24, 2.45) is 11.3 Å². The molecule has 2 saturated carbocycles. The molecule has 2 N–H and O–H groups in total. The lowest BCUT2D eigenvalue weighted by Gasteiger charge is -2.38. The van der Waals surface area contributed by atoms with Gasteiger partial charge in [-0.05, 0) is 38.1 Å². The van der Waals surface area contributed by atoms with E-state index in [4.69, 9.17) is 0 Å². The molecule has 1 aliphatic heterocycles. The van der Waals surface area contributed by atoms with Gasteiger partial charge in [-0.15, -0.1) is 12.4 Å². The Bertz CT molecular complexity index is 328. The summed E-state index contributed by atoms with van der Waals surface area (Å²) >= 11 is 0. The van der Waals surface area contributed by atoms with Crippen LogP contribution >= 0.6 is 12.4 Å². The number of halogens is 1. The molecule has 1 saturated heterocycles. The Hall–Kier alpha value is -0.280. The summed E-state index contributed by atoms with van der Waals surface area (Å²) in [5.74, 6) is 0.959. The van der Waals surface area contributed by atoms with Crippen LogP contribution in [0.15, 0.2) is 0 Å². The fraction of sp³-hybridized carbons (Fsp3) is 0.938. The average Bonchev–Trinajstić information content (AvgIpc) is 2.71. The molecule has 0 spiro atoms. The molecule has 2 aliphatic carbocycles. The minimum Gasteiger partial charge on any atom is -0.353 e. The first-order chi connectivity index (χ1) is 9.31. The summed E-state index contributed by atoms with van der Waals surface area (Å²) in [6, 6.07) is 0.451. The van der Waals surface area contributed by atoms with Gasteiger partial charge in [0.05, 0.1) is 5.41 Å². The lowest BCUT2D eigenvalue weighted by Crippen LogP contribution is -2.50. The Balaban J connectivity index is 0.00000147. The van der Waals surface area contributed by atoms with Crippen LogP contribution in [0, 0.1) is 11.3 Å². The molecule has 3 aliphatic rings. The van der Waals surface area contributed by atoms with E-state index in [0.29, 0.717) is 17.9 Å². The van der Waals surface area contributed by atoms with Gasteiger partial charge >= 0.3 is 0 Å². The third-order valence-corrected chi connectivity index (χ3v) is 5.68. The van der Waals surface area contributed by atoms with Crippen molar-refractivity contribution in [3.05, 3.63) is 0 Å². The number of carbonyl (C=O) groups excluding carboxylic acids is 1. The molecule has 3 fully saturated rings. The first kappa shape index (κ1) is 16.1. The molecule has 1 heterocycles. The zero-order valence-corrected chi connectivity index (χ0v) is 13.3. The molecule has 0 aromatic carbocycles. The highest BCUT2D eigenvalue weighted by Crippen LogP contribution is 2.44. The van der Waals surface area contributed by atoms with Crippen LogP contribution in [0.5, 0.6) is 0 Å². The zero-order chi connectivity index (χ0) is 13.1. The summed E-state index contributed by atoms with van der Waals surface area (Å²) in [6.45, 7) is 1.97. The van der Waals surface area contributed by atoms with Crippen LogP contribution in [0.3, 0.4) is 0 Å². The SMILES string of the molecule is Cl.O=C(NC1CCCCCC1)[C@@]12CCCC[C@H]1CNC2. The summed E-state index contributed by atoms with van der Waals surface area (Å²) in [4.78, 5) is 12.8. The van der Waals surface area contributed by atoms with Gasteiger partial charge in [0.1, 0.15) is 0 Å². The van der Waals surface area contributed by atoms with Crippen molar-refractivity contribution >= 4 is 18.3 Å². The Morgan fingerprint density at radius 3 is 2.45 bits per heavy atom. The summed E-state index contributed by atoms with van der Waals surface area (Å²) in [5, 5.41) is 6.89. The largest absolute Gasteiger partial charge is 0.353 e. The van der Waals surface area contributed by atoms with Crippen LogP contribution in [0.25, 0.3) is 0 Å². The van der Waals surface area contributed by atoms with Crippen LogP contribution in [0.4, 0.5) is 0 Å². The van der Waals surface area contributed by atoms with Gasteiger partial charge in [-0.3, -0.25) is 4.79 Å². The lowest BCUT2D eigenvalue weighted by atomic mass is 9.67. The summed E-state index contributed by atoms with van der Waals surface area (Å²) < 4.78 is 0. The van der Waals surface area contributed by atoms with Gasteiger partial charge in [0.25, 0.3) is 0 Å². The quantitative estimate of drug-likeness (QED) is 0.770. The van der Waals surface area contributed by atoms with Gasteiger partial charge in [-0.25, -0.2) is 0 Å². The van der Waals surface area contributed by atoms with E-state index in [1.165, 1.54) is 57.8 Å². The van der Waals surface area contributed by atoms with E-state index >= 15 is 0 Å². The van der Waals surface area contributed by atoms with Crippen molar-refractivity contribution in [3.8, 4) is 0 Å². The molecule has 0 aromatic rings. The molecule has 4 heteroatoms. The van der Waals surface area contributed by atoms with Crippen molar-refractivity contribution in [2.45, 2.75) is 70.3 Å². The van der Waals surface area contributed by atoms with Crippen LogP contribution in [-0.4, -0.2) is 25.0 Å². The maximum Gasteiger partial charge on any atom is 0.228 e. The highest BCUT2D eigenvalue weighted by atomic mass is 35.5. The first-order valence-corrected chi connectivity index (χ1v) is 8.33. The second-order valence-electron chi connectivity index (χ2n) is 6.89. The van der Waals surface area contributed by atoms with E-state index in [-0.39, 0.29) is 17.8 Å². The maximum atomic E-state index is 12.8. The molecular weight excluding hydrogens is 272 g/mol. The van der Waals surface area contributed by atoms with E-state index in [2.05, 4.69) is 10.6 Å².